The van der Waals surface area contributed by atoms with Gasteiger partial charge in [-0.25, -0.2) is 18.4 Å². The number of primary sulfonamides is 1. The molecular formula is C14H18BrN3O5S. The molecule has 1 saturated heterocycles. The van der Waals surface area contributed by atoms with Gasteiger partial charge in [0.1, 0.15) is 0 Å². The first-order chi connectivity index (χ1) is 11.2. The molecule has 0 aromatic heterocycles. The number of ether oxygens (including phenoxy) is 1. The second-order valence-corrected chi connectivity index (χ2v) is 7.58. The predicted molar refractivity (Wildman–Crippen MR) is 90.0 cm³/mol. The summed E-state index contributed by atoms with van der Waals surface area (Å²) in [6.07, 6.45) is -0.401. The van der Waals surface area contributed by atoms with Crippen LogP contribution in [0.4, 0.5) is 4.79 Å². The summed E-state index contributed by atoms with van der Waals surface area (Å²) in [7, 11) is -3.89. The van der Waals surface area contributed by atoms with Crippen molar-refractivity contribution in [3.8, 4) is 0 Å². The molecule has 8 nitrogen and oxygen atoms in total. The fourth-order valence-electron chi connectivity index (χ4n) is 2.32. The summed E-state index contributed by atoms with van der Waals surface area (Å²) in [5.74, 6) is -0.323. The third-order valence-electron chi connectivity index (χ3n) is 3.59. The second kappa shape index (κ2) is 7.49. The maximum atomic E-state index is 12.6. The maximum Gasteiger partial charge on any atom is 0.409 e. The minimum Gasteiger partial charge on any atom is -0.450 e. The molecule has 0 aliphatic carbocycles. The highest BCUT2D eigenvalue weighted by molar-refractivity contribution is 9.10. The summed E-state index contributed by atoms with van der Waals surface area (Å²) in [5, 5.41) is 5.11. The van der Waals surface area contributed by atoms with Gasteiger partial charge in [0.05, 0.1) is 17.1 Å². The predicted octanol–water partition coefficient (Wildman–Crippen LogP) is 1.01. The van der Waals surface area contributed by atoms with Crippen LogP contribution in [0.1, 0.15) is 17.3 Å². The van der Waals surface area contributed by atoms with E-state index in [0.29, 0.717) is 37.3 Å². The van der Waals surface area contributed by atoms with E-state index in [-0.39, 0.29) is 16.4 Å². The van der Waals surface area contributed by atoms with E-state index in [4.69, 9.17) is 9.88 Å². The molecule has 2 N–H and O–H groups in total. The molecule has 0 bridgehead atoms. The highest BCUT2D eigenvalue weighted by atomic mass is 79.9. The van der Waals surface area contributed by atoms with Crippen molar-refractivity contribution in [3.63, 3.8) is 0 Å². The van der Waals surface area contributed by atoms with Crippen LogP contribution >= 0.6 is 15.9 Å². The summed E-state index contributed by atoms with van der Waals surface area (Å²) in [4.78, 5) is 27.3. The van der Waals surface area contributed by atoms with Crippen LogP contribution in [0.15, 0.2) is 27.6 Å². The summed E-state index contributed by atoms with van der Waals surface area (Å²) in [5.41, 5.74) is 0.214. The third-order valence-corrected chi connectivity index (χ3v) is 5.19. The quantitative estimate of drug-likeness (QED) is 0.785. The number of nitrogens with zero attached hydrogens (tertiary/aromatic N) is 2. The lowest BCUT2D eigenvalue weighted by atomic mass is 10.2. The molecule has 1 aliphatic rings. The van der Waals surface area contributed by atoms with Crippen LogP contribution < -0.4 is 5.14 Å². The Bertz CT molecular complexity index is 745. The Hall–Kier alpha value is -1.65. The summed E-state index contributed by atoms with van der Waals surface area (Å²) in [6, 6.07) is 4.05. The van der Waals surface area contributed by atoms with Crippen LogP contribution in [0.5, 0.6) is 0 Å². The zero-order valence-corrected chi connectivity index (χ0v) is 15.5. The Morgan fingerprint density at radius 1 is 1.21 bits per heavy atom. The number of sulfonamides is 1. The SMILES string of the molecule is CCOC(=O)N1CCN(C(=O)c2cc(S(N)(=O)=O)ccc2Br)CC1. The molecule has 2 amide bonds. The molecule has 1 aromatic carbocycles. The third kappa shape index (κ3) is 4.25. The number of nitrogens with two attached hydrogens (primary N) is 1. The second-order valence-electron chi connectivity index (χ2n) is 5.16. The molecule has 0 atom stereocenters. The Morgan fingerprint density at radius 3 is 2.33 bits per heavy atom. The normalized spacial score (nSPS) is 15.3. The van der Waals surface area contributed by atoms with Gasteiger partial charge in [-0.2, -0.15) is 0 Å². The molecule has 1 fully saturated rings. The smallest absolute Gasteiger partial charge is 0.409 e. The number of piperazine rings is 1. The lowest BCUT2D eigenvalue weighted by Gasteiger charge is -2.34. The van der Waals surface area contributed by atoms with E-state index in [1.165, 1.54) is 23.1 Å². The van der Waals surface area contributed by atoms with E-state index in [1.54, 1.807) is 11.8 Å². The molecule has 2 rings (SSSR count). The number of benzene rings is 1. The van der Waals surface area contributed by atoms with Crippen LogP contribution in [0.25, 0.3) is 0 Å². The summed E-state index contributed by atoms with van der Waals surface area (Å²) >= 11 is 3.25. The van der Waals surface area contributed by atoms with Crippen molar-refractivity contribution in [2.24, 2.45) is 5.14 Å². The number of amides is 2. The standard InChI is InChI=1S/C14H18BrN3O5S/c1-2-23-14(20)18-7-5-17(6-8-18)13(19)11-9-10(24(16,21)22)3-4-12(11)15/h3-4,9H,2,5-8H2,1H3,(H2,16,21,22). The molecule has 132 valence electrons. The van der Waals surface area contributed by atoms with Gasteiger partial charge in [0, 0.05) is 30.7 Å². The molecule has 0 saturated carbocycles. The van der Waals surface area contributed by atoms with Crippen LogP contribution in [0.3, 0.4) is 0 Å². The topological polar surface area (TPSA) is 110 Å². The molecule has 10 heteroatoms. The molecule has 0 spiro atoms. The number of carbonyl (C=O) groups excluding carboxylic acids is 2. The van der Waals surface area contributed by atoms with Crippen molar-refractivity contribution in [2.45, 2.75) is 11.8 Å². The van der Waals surface area contributed by atoms with Crippen LogP contribution in [-0.2, 0) is 14.8 Å². The van der Waals surface area contributed by atoms with E-state index in [2.05, 4.69) is 15.9 Å². The fourth-order valence-corrected chi connectivity index (χ4v) is 3.28. The number of halogens is 1. The zero-order chi connectivity index (χ0) is 17.9. The number of hydrogen-bond acceptors (Lipinski definition) is 5. The zero-order valence-electron chi connectivity index (χ0n) is 13.1. The molecule has 1 aromatic rings. The van der Waals surface area contributed by atoms with E-state index in [9.17, 15) is 18.0 Å². The molecule has 0 radical (unpaired) electrons. The van der Waals surface area contributed by atoms with Gasteiger partial charge in [0.25, 0.3) is 5.91 Å². The van der Waals surface area contributed by atoms with E-state index in [0.717, 1.165) is 0 Å². The first-order valence-corrected chi connectivity index (χ1v) is 9.61. The Morgan fingerprint density at radius 2 is 1.79 bits per heavy atom. The van der Waals surface area contributed by atoms with Gasteiger partial charge < -0.3 is 14.5 Å². The highest BCUT2D eigenvalue weighted by Gasteiger charge is 2.27. The molecule has 24 heavy (non-hydrogen) atoms. The molecule has 1 heterocycles. The summed E-state index contributed by atoms with van der Waals surface area (Å²) in [6.45, 7) is 3.42. The van der Waals surface area contributed by atoms with Gasteiger partial charge in [-0.15, -0.1) is 0 Å². The van der Waals surface area contributed by atoms with Crippen LogP contribution in [0.2, 0.25) is 0 Å². The van der Waals surface area contributed by atoms with Crippen molar-refractivity contribution < 1.29 is 22.7 Å². The van der Waals surface area contributed by atoms with Gasteiger partial charge in [0.15, 0.2) is 0 Å². The van der Waals surface area contributed by atoms with Crippen molar-refractivity contribution in [2.75, 3.05) is 32.8 Å². The van der Waals surface area contributed by atoms with Crippen LogP contribution in [0, 0.1) is 0 Å². The number of hydrogen-bond donors (Lipinski definition) is 1. The first kappa shape index (κ1) is 18.7. The summed E-state index contributed by atoms with van der Waals surface area (Å²) < 4.78 is 28.3. The van der Waals surface area contributed by atoms with Crippen molar-refractivity contribution in [1.29, 1.82) is 0 Å². The molecule has 0 unspecified atom stereocenters. The van der Waals surface area contributed by atoms with Crippen molar-refractivity contribution in [3.05, 3.63) is 28.2 Å². The fraction of sp³-hybridized carbons (Fsp3) is 0.429. The average Bonchev–Trinajstić information content (AvgIpc) is 2.54. The molecular weight excluding hydrogens is 402 g/mol. The Labute approximate surface area is 148 Å². The Kier molecular flexibility index (Phi) is 5.83. The maximum absolute atomic E-state index is 12.6. The monoisotopic (exact) mass is 419 g/mol. The highest BCUT2D eigenvalue weighted by Crippen LogP contribution is 2.22. The van der Waals surface area contributed by atoms with Gasteiger partial charge in [-0.05, 0) is 41.1 Å². The largest absolute Gasteiger partial charge is 0.450 e. The van der Waals surface area contributed by atoms with Crippen molar-refractivity contribution >= 4 is 38.0 Å². The van der Waals surface area contributed by atoms with E-state index in [1.807, 2.05) is 0 Å². The average molecular weight is 420 g/mol. The minimum atomic E-state index is -3.89. The number of rotatable bonds is 3. The Balaban J connectivity index is 2.12. The lowest BCUT2D eigenvalue weighted by Crippen LogP contribution is -2.50. The van der Waals surface area contributed by atoms with Crippen molar-refractivity contribution in [1.82, 2.24) is 9.80 Å². The molecule has 1 aliphatic heterocycles. The van der Waals surface area contributed by atoms with Gasteiger partial charge >= 0.3 is 6.09 Å². The number of carbonyl (C=O) groups is 2. The van der Waals surface area contributed by atoms with Crippen LogP contribution in [-0.4, -0.2) is 63.0 Å². The lowest BCUT2D eigenvalue weighted by molar-refractivity contribution is 0.0569. The first-order valence-electron chi connectivity index (χ1n) is 7.27. The van der Waals surface area contributed by atoms with Gasteiger partial charge in [0.2, 0.25) is 10.0 Å². The van der Waals surface area contributed by atoms with Gasteiger partial charge in [-0.3, -0.25) is 4.79 Å². The van der Waals surface area contributed by atoms with E-state index >= 15 is 0 Å². The minimum absolute atomic E-state index is 0.126. The van der Waals surface area contributed by atoms with E-state index < -0.39 is 16.1 Å². The van der Waals surface area contributed by atoms with Gasteiger partial charge in [-0.1, -0.05) is 0 Å².